The van der Waals surface area contributed by atoms with Crippen LogP contribution in [0.3, 0.4) is 0 Å². The molecule has 3 N–H and O–H groups in total. The van der Waals surface area contributed by atoms with Gasteiger partial charge in [-0.25, -0.2) is 4.79 Å². The smallest absolute Gasteiger partial charge is 0.315 e. The summed E-state index contributed by atoms with van der Waals surface area (Å²) < 4.78 is 0. The highest BCUT2D eigenvalue weighted by Crippen LogP contribution is 2.21. The molecular formula is C17H29N3O2. The second-order valence-electron chi connectivity index (χ2n) is 6.82. The molecule has 1 atom stereocenters. The first-order valence-electron chi connectivity index (χ1n) is 7.66. The second kappa shape index (κ2) is 8.03. The van der Waals surface area contributed by atoms with E-state index in [0.29, 0.717) is 19.5 Å². The lowest BCUT2D eigenvalue weighted by molar-refractivity contribution is 0.129. The molecule has 0 fully saturated rings. The molecule has 0 aromatic heterocycles. The average Bonchev–Trinajstić information content (AvgIpc) is 2.42. The fourth-order valence-corrected chi connectivity index (χ4v) is 2.38. The van der Waals surface area contributed by atoms with Gasteiger partial charge in [0.1, 0.15) is 0 Å². The molecule has 2 amide bonds. The molecule has 0 radical (unpaired) electrons. The predicted molar refractivity (Wildman–Crippen MR) is 91.1 cm³/mol. The van der Waals surface area contributed by atoms with Gasteiger partial charge in [0.2, 0.25) is 0 Å². The molecule has 22 heavy (non-hydrogen) atoms. The minimum Gasteiger partial charge on any atom is -0.393 e. The lowest BCUT2D eigenvalue weighted by Gasteiger charge is -2.26. The number of anilines is 1. The van der Waals surface area contributed by atoms with Gasteiger partial charge in [-0.3, -0.25) is 0 Å². The normalized spacial score (nSPS) is 12.6. The Hall–Kier alpha value is -1.75. The van der Waals surface area contributed by atoms with Gasteiger partial charge in [-0.15, -0.1) is 0 Å². The molecule has 0 saturated carbocycles. The summed E-state index contributed by atoms with van der Waals surface area (Å²) in [4.78, 5) is 13.9. The first kappa shape index (κ1) is 18.3. The Bertz CT molecular complexity index is 485. The number of nitrogens with one attached hydrogen (secondary N) is 2. The van der Waals surface area contributed by atoms with Gasteiger partial charge in [0, 0.05) is 32.9 Å². The number of aliphatic hydroxyl groups is 1. The maximum Gasteiger partial charge on any atom is 0.315 e. The van der Waals surface area contributed by atoms with E-state index in [4.69, 9.17) is 0 Å². The first-order valence-corrected chi connectivity index (χ1v) is 7.66. The molecule has 0 bridgehead atoms. The number of carbonyl (C=O) groups excluding carboxylic acids is 1. The van der Waals surface area contributed by atoms with E-state index in [0.717, 1.165) is 11.3 Å². The van der Waals surface area contributed by atoms with E-state index >= 15 is 0 Å². The zero-order valence-electron chi connectivity index (χ0n) is 14.3. The van der Waals surface area contributed by atoms with E-state index in [1.54, 1.807) is 6.92 Å². The van der Waals surface area contributed by atoms with Gasteiger partial charge in [0.25, 0.3) is 0 Å². The van der Waals surface area contributed by atoms with Crippen LogP contribution in [0, 0.1) is 5.41 Å². The molecule has 1 unspecified atom stereocenters. The average molecular weight is 307 g/mol. The summed E-state index contributed by atoms with van der Waals surface area (Å²) in [6, 6.07) is 7.87. The van der Waals surface area contributed by atoms with Crippen molar-refractivity contribution in [1.82, 2.24) is 10.6 Å². The van der Waals surface area contributed by atoms with Crippen LogP contribution in [0.25, 0.3) is 0 Å². The van der Waals surface area contributed by atoms with Crippen LogP contribution in [0.15, 0.2) is 24.3 Å². The number of amides is 2. The standard InChI is InChI=1S/C17H29N3O2/c1-13(21)10-17(2,3)12-19-16(22)18-11-14-7-6-8-15(9-14)20(4)5/h6-9,13,21H,10-12H2,1-5H3,(H2,18,19,22). The van der Waals surface area contributed by atoms with Crippen LogP contribution in [-0.4, -0.2) is 37.9 Å². The maximum absolute atomic E-state index is 11.9. The van der Waals surface area contributed by atoms with Gasteiger partial charge >= 0.3 is 6.03 Å². The van der Waals surface area contributed by atoms with Crippen molar-refractivity contribution in [2.75, 3.05) is 25.5 Å². The topological polar surface area (TPSA) is 64.6 Å². The number of hydrogen-bond acceptors (Lipinski definition) is 3. The van der Waals surface area contributed by atoms with Crippen LogP contribution in [0.4, 0.5) is 10.5 Å². The fourth-order valence-electron chi connectivity index (χ4n) is 2.38. The highest BCUT2D eigenvalue weighted by molar-refractivity contribution is 5.73. The van der Waals surface area contributed by atoms with Crippen LogP contribution in [0.2, 0.25) is 0 Å². The van der Waals surface area contributed by atoms with Crippen molar-refractivity contribution in [1.29, 1.82) is 0 Å². The summed E-state index contributed by atoms with van der Waals surface area (Å²) in [5.41, 5.74) is 2.04. The van der Waals surface area contributed by atoms with Crippen LogP contribution < -0.4 is 15.5 Å². The summed E-state index contributed by atoms with van der Waals surface area (Å²) in [7, 11) is 3.98. The molecule has 0 saturated heterocycles. The van der Waals surface area contributed by atoms with Gasteiger partial charge in [0.05, 0.1) is 6.10 Å². The highest BCUT2D eigenvalue weighted by Gasteiger charge is 2.20. The molecule has 1 aromatic carbocycles. The molecule has 124 valence electrons. The van der Waals surface area contributed by atoms with Crippen LogP contribution in [0.5, 0.6) is 0 Å². The van der Waals surface area contributed by atoms with Crippen molar-refractivity contribution < 1.29 is 9.90 Å². The number of carbonyl (C=O) groups is 1. The third kappa shape index (κ3) is 6.80. The summed E-state index contributed by atoms with van der Waals surface area (Å²) in [5.74, 6) is 0. The van der Waals surface area contributed by atoms with Crippen LogP contribution in [0.1, 0.15) is 32.8 Å². The van der Waals surface area contributed by atoms with E-state index in [1.807, 2.05) is 51.0 Å². The van der Waals surface area contributed by atoms with Crippen molar-refractivity contribution >= 4 is 11.7 Å². The maximum atomic E-state index is 11.9. The Balaban J connectivity index is 2.42. The molecule has 0 aliphatic rings. The molecule has 0 spiro atoms. The molecule has 5 nitrogen and oxygen atoms in total. The zero-order valence-corrected chi connectivity index (χ0v) is 14.3. The number of benzene rings is 1. The van der Waals surface area contributed by atoms with E-state index < -0.39 is 0 Å². The minimum atomic E-state index is -0.367. The number of hydrogen-bond donors (Lipinski definition) is 3. The highest BCUT2D eigenvalue weighted by atomic mass is 16.3. The third-order valence-corrected chi connectivity index (χ3v) is 3.46. The fraction of sp³-hybridized carbons (Fsp3) is 0.588. The molecule has 5 heteroatoms. The van der Waals surface area contributed by atoms with Crippen LogP contribution in [-0.2, 0) is 6.54 Å². The zero-order chi connectivity index (χ0) is 16.8. The summed E-state index contributed by atoms with van der Waals surface area (Å²) in [6.45, 7) is 6.84. The molecule has 0 aliphatic heterocycles. The Morgan fingerprint density at radius 1 is 1.32 bits per heavy atom. The van der Waals surface area contributed by atoms with Crippen molar-refractivity contribution in [3.8, 4) is 0 Å². The first-order chi connectivity index (χ1) is 10.2. The Morgan fingerprint density at radius 2 is 2.00 bits per heavy atom. The quantitative estimate of drug-likeness (QED) is 0.724. The SMILES string of the molecule is CC(O)CC(C)(C)CNC(=O)NCc1cccc(N(C)C)c1. The van der Waals surface area contributed by atoms with Crippen molar-refractivity contribution in [2.45, 2.75) is 39.8 Å². The van der Waals surface area contributed by atoms with Gasteiger partial charge in [0.15, 0.2) is 0 Å². The Morgan fingerprint density at radius 3 is 2.59 bits per heavy atom. The van der Waals surface area contributed by atoms with Crippen molar-refractivity contribution in [3.05, 3.63) is 29.8 Å². The minimum absolute atomic E-state index is 0.129. The van der Waals surface area contributed by atoms with E-state index in [9.17, 15) is 9.90 Å². The Kier molecular flexibility index (Phi) is 6.68. The lowest BCUT2D eigenvalue weighted by atomic mass is 9.87. The second-order valence-corrected chi connectivity index (χ2v) is 6.82. The summed E-state index contributed by atoms with van der Waals surface area (Å²) in [5, 5.41) is 15.2. The van der Waals surface area contributed by atoms with Gasteiger partial charge in [-0.1, -0.05) is 26.0 Å². The number of aliphatic hydroxyl groups excluding tert-OH is 1. The predicted octanol–water partition coefficient (Wildman–Crippen LogP) is 2.35. The molecule has 0 aliphatic carbocycles. The number of nitrogens with zero attached hydrogens (tertiary/aromatic N) is 1. The van der Waals surface area contributed by atoms with Gasteiger partial charge < -0.3 is 20.6 Å². The number of urea groups is 1. The van der Waals surface area contributed by atoms with Crippen LogP contribution >= 0.6 is 0 Å². The molecule has 0 heterocycles. The number of rotatable bonds is 7. The summed E-state index contributed by atoms with van der Waals surface area (Å²) in [6.07, 6.45) is 0.284. The Labute approximate surface area is 133 Å². The molecule has 1 rings (SSSR count). The van der Waals surface area contributed by atoms with Crippen molar-refractivity contribution in [3.63, 3.8) is 0 Å². The van der Waals surface area contributed by atoms with E-state index in [1.165, 1.54) is 0 Å². The lowest BCUT2D eigenvalue weighted by Crippen LogP contribution is -2.41. The molecular weight excluding hydrogens is 278 g/mol. The largest absolute Gasteiger partial charge is 0.393 e. The molecule has 1 aromatic rings. The summed E-state index contributed by atoms with van der Waals surface area (Å²) >= 11 is 0. The third-order valence-electron chi connectivity index (χ3n) is 3.46. The van der Waals surface area contributed by atoms with Gasteiger partial charge in [-0.05, 0) is 36.5 Å². The van der Waals surface area contributed by atoms with Crippen molar-refractivity contribution in [2.24, 2.45) is 5.41 Å². The monoisotopic (exact) mass is 307 g/mol. The van der Waals surface area contributed by atoms with E-state index in [-0.39, 0.29) is 17.6 Å². The van der Waals surface area contributed by atoms with Gasteiger partial charge in [-0.2, -0.15) is 0 Å². The van der Waals surface area contributed by atoms with E-state index in [2.05, 4.69) is 16.7 Å².